The Morgan fingerprint density at radius 1 is 1.23 bits per heavy atom. The molecule has 1 amide bonds. The fourth-order valence-corrected chi connectivity index (χ4v) is 1.71. The summed E-state index contributed by atoms with van der Waals surface area (Å²) in [4.78, 5) is 23.2. The third-order valence-corrected chi connectivity index (χ3v) is 2.49. The molecule has 0 atom stereocenters. The van der Waals surface area contributed by atoms with Gasteiger partial charge in [-0.25, -0.2) is 14.3 Å². The quantitative estimate of drug-likeness (QED) is 0.901. The van der Waals surface area contributed by atoms with Gasteiger partial charge in [0.2, 0.25) is 0 Å². The number of rotatable bonds is 3. The van der Waals surface area contributed by atoms with E-state index < -0.39 is 17.7 Å². The van der Waals surface area contributed by atoms with E-state index in [1.165, 1.54) is 0 Å². The van der Waals surface area contributed by atoms with Crippen molar-refractivity contribution in [2.75, 3.05) is 5.32 Å². The van der Waals surface area contributed by atoms with Gasteiger partial charge in [-0.3, -0.25) is 5.32 Å². The first kappa shape index (κ1) is 15.5. The molecule has 0 spiro atoms. The second-order valence-electron chi connectivity index (χ2n) is 5.47. The van der Waals surface area contributed by atoms with Gasteiger partial charge in [-0.2, -0.15) is 0 Å². The molecule has 22 heavy (non-hydrogen) atoms. The summed E-state index contributed by atoms with van der Waals surface area (Å²) < 4.78 is 6.21. The average Bonchev–Trinajstić information content (AvgIpc) is 2.81. The van der Waals surface area contributed by atoms with E-state index in [0.29, 0.717) is 5.69 Å². The summed E-state index contributed by atoms with van der Waals surface area (Å²) in [6.07, 6.45) is -0.796. The molecular weight excluding hydrogens is 288 g/mol. The van der Waals surface area contributed by atoms with E-state index in [2.05, 4.69) is 15.6 Å². The molecular formula is C14H16N4O4. The third kappa shape index (κ3) is 3.60. The Morgan fingerprint density at radius 2 is 1.86 bits per heavy atom. The number of para-hydroxylation sites is 1. The molecule has 0 fully saturated rings. The minimum atomic E-state index is -1.26. The standard InChI is InChI=1S/C14H16N4O4/c1-14(2,3)22-13(21)15-11-10(12(19)20)18(17-16-11)9-7-5-4-6-8-9/h4-8H,1-3H3,(H,15,21)(H,19,20). The molecule has 0 aliphatic carbocycles. The van der Waals surface area contributed by atoms with Gasteiger partial charge < -0.3 is 9.84 Å². The van der Waals surface area contributed by atoms with Crippen LogP contribution >= 0.6 is 0 Å². The van der Waals surface area contributed by atoms with Crippen LogP contribution in [-0.2, 0) is 4.74 Å². The summed E-state index contributed by atoms with van der Waals surface area (Å²) >= 11 is 0. The number of hydrogen-bond acceptors (Lipinski definition) is 5. The van der Waals surface area contributed by atoms with E-state index in [-0.39, 0.29) is 11.5 Å². The lowest BCUT2D eigenvalue weighted by atomic mass is 10.2. The van der Waals surface area contributed by atoms with E-state index in [4.69, 9.17) is 4.74 Å². The number of carbonyl (C=O) groups is 2. The number of benzene rings is 1. The fourth-order valence-electron chi connectivity index (χ4n) is 1.71. The molecule has 1 heterocycles. The van der Waals surface area contributed by atoms with E-state index in [0.717, 1.165) is 4.68 Å². The number of aromatic carboxylic acids is 1. The van der Waals surface area contributed by atoms with Crippen molar-refractivity contribution < 1.29 is 19.4 Å². The molecule has 0 unspecified atom stereocenters. The summed E-state index contributed by atoms with van der Waals surface area (Å²) in [6, 6.07) is 8.63. The van der Waals surface area contributed by atoms with Crippen molar-refractivity contribution in [1.82, 2.24) is 15.0 Å². The van der Waals surface area contributed by atoms with Crippen LogP contribution in [0.2, 0.25) is 0 Å². The number of ether oxygens (including phenoxy) is 1. The molecule has 116 valence electrons. The van der Waals surface area contributed by atoms with E-state index in [9.17, 15) is 14.7 Å². The van der Waals surface area contributed by atoms with Gasteiger partial charge in [0, 0.05) is 0 Å². The molecule has 8 heteroatoms. The molecule has 0 aliphatic rings. The van der Waals surface area contributed by atoms with Gasteiger partial charge in [0.25, 0.3) is 0 Å². The molecule has 1 aromatic heterocycles. The van der Waals surface area contributed by atoms with Crippen LogP contribution in [0, 0.1) is 0 Å². The highest BCUT2D eigenvalue weighted by atomic mass is 16.6. The van der Waals surface area contributed by atoms with E-state index in [1.807, 2.05) is 0 Å². The van der Waals surface area contributed by atoms with Gasteiger partial charge in [0.15, 0.2) is 11.5 Å². The maximum absolute atomic E-state index is 11.7. The molecule has 0 saturated heterocycles. The largest absolute Gasteiger partial charge is 0.476 e. The molecule has 2 aromatic rings. The summed E-state index contributed by atoms with van der Waals surface area (Å²) in [6.45, 7) is 5.10. The van der Waals surface area contributed by atoms with Crippen molar-refractivity contribution in [3.05, 3.63) is 36.0 Å². The van der Waals surface area contributed by atoms with Crippen LogP contribution in [0.4, 0.5) is 10.6 Å². The predicted octanol–water partition coefficient (Wildman–Crippen LogP) is 2.31. The van der Waals surface area contributed by atoms with Crippen LogP contribution in [0.1, 0.15) is 31.3 Å². The van der Waals surface area contributed by atoms with Crippen molar-refractivity contribution in [3.8, 4) is 5.69 Å². The monoisotopic (exact) mass is 304 g/mol. The molecule has 1 aromatic carbocycles. The van der Waals surface area contributed by atoms with E-state index >= 15 is 0 Å². The molecule has 0 radical (unpaired) electrons. The van der Waals surface area contributed by atoms with Crippen LogP contribution in [0.5, 0.6) is 0 Å². The topological polar surface area (TPSA) is 106 Å². The van der Waals surface area contributed by atoms with Crippen molar-refractivity contribution in [1.29, 1.82) is 0 Å². The number of amides is 1. The minimum Gasteiger partial charge on any atom is -0.476 e. The first-order valence-corrected chi connectivity index (χ1v) is 6.52. The molecule has 2 N–H and O–H groups in total. The summed E-state index contributed by atoms with van der Waals surface area (Å²) in [7, 11) is 0. The number of carboxylic acids is 1. The van der Waals surface area contributed by atoms with Gasteiger partial charge in [-0.1, -0.05) is 23.4 Å². The number of carboxylic acid groups (broad SMARTS) is 1. The molecule has 0 saturated carbocycles. The second-order valence-corrected chi connectivity index (χ2v) is 5.47. The SMILES string of the molecule is CC(C)(C)OC(=O)Nc1nnn(-c2ccccc2)c1C(=O)O. The second kappa shape index (κ2) is 5.84. The zero-order chi connectivity index (χ0) is 16.3. The normalized spacial score (nSPS) is 11.0. The smallest absolute Gasteiger partial charge is 0.413 e. The first-order chi connectivity index (χ1) is 10.3. The van der Waals surface area contributed by atoms with Crippen molar-refractivity contribution >= 4 is 17.9 Å². The Hall–Kier alpha value is -2.90. The Kier molecular flexibility index (Phi) is 4.11. The number of carbonyl (C=O) groups excluding carboxylic acids is 1. The fraction of sp³-hybridized carbons (Fsp3) is 0.286. The summed E-state index contributed by atoms with van der Waals surface area (Å²) in [5.41, 5.74) is -0.440. The number of nitrogens with zero attached hydrogens (tertiary/aromatic N) is 3. The predicted molar refractivity (Wildman–Crippen MR) is 78.2 cm³/mol. The number of nitrogens with one attached hydrogen (secondary N) is 1. The lowest BCUT2D eigenvalue weighted by Gasteiger charge is -2.19. The summed E-state index contributed by atoms with van der Waals surface area (Å²) in [5, 5.41) is 19.1. The zero-order valence-corrected chi connectivity index (χ0v) is 12.4. The lowest BCUT2D eigenvalue weighted by molar-refractivity contribution is 0.0635. The van der Waals surface area contributed by atoms with Gasteiger partial charge in [-0.15, -0.1) is 5.10 Å². The van der Waals surface area contributed by atoms with Crippen molar-refractivity contribution in [2.24, 2.45) is 0 Å². The minimum absolute atomic E-state index is 0.175. The van der Waals surface area contributed by atoms with Crippen LogP contribution in [0.3, 0.4) is 0 Å². The Morgan fingerprint density at radius 3 is 2.41 bits per heavy atom. The Labute approximate surface area is 126 Å². The lowest BCUT2D eigenvalue weighted by Crippen LogP contribution is -2.28. The highest BCUT2D eigenvalue weighted by molar-refractivity contribution is 5.96. The highest BCUT2D eigenvalue weighted by Gasteiger charge is 2.24. The van der Waals surface area contributed by atoms with Gasteiger partial charge in [0.1, 0.15) is 5.60 Å². The first-order valence-electron chi connectivity index (χ1n) is 6.52. The highest BCUT2D eigenvalue weighted by Crippen LogP contribution is 2.18. The maximum Gasteiger partial charge on any atom is 0.413 e. The maximum atomic E-state index is 11.7. The van der Waals surface area contributed by atoms with Crippen molar-refractivity contribution in [3.63, 3.8) is 0 Å². The van der Waals surface area contributed by atoms with E-state index in [1.54, 1.807) is 51.1 Å². The third-order valence-electron chi connectivity index (χ3n) is 2.49. The zero-order valence-electron chi connectivity index (χ0n) is 12.4. The van der Waals surface area contributed by atoms with Gasteiger partial charge in [-0.05, 0) is 32.9 Å². The molecule has 0 aliphatic heterocycles. The average molecular weight is 304 g/mol. The Bertz CT molecular complexity index is 689. The van der Waals surface area contributed by atoms with Crippen LogP contribution in [0.25, 0.3) is 5.69 Å². The van der Waals surface area contributed by atoms with Crippen molar-refractivity contribution in [2.45, 2.75) is 26.4 Å². The molecule has 0 bridgehead atoms. The van der Waals surface area contributed by atoms with Crippen LogP contribution in [-0.4, -0.2) is 37.8 Å². The molecule has 2 rings (SSSR count). The number of hydrogen-bond donors (Lipinski definition) is 2. The summed E-state index contributed by atoms with van der Waals surface area (Å²) in [5.74, 6) is -1.44. The number of aromatic nitrogens is 3. The molecule has 8 nitrogen and oxygen atoms in total. The number of anilines is 1. The van der Waals surface area contributed by atoms with Crippen LogP contribution in [0.15, 0.2) is 30.3 Å². The van der Waals surface area contributed by atoms with Gasteiger partial charge in [0.05, 0.1) is 5.69 Å². The Balaban J connectivity index is 2.32. The van der Waals surface area contributed by atoms with Crippen LogP contribution < -0.4 is 5.32 Å². The van der Waals surface area contributed by atoms with Gasteiger partial charge >= 0.3 is 12.1 Å².